The van der Waals surface area contributed by atoms with E-state index in [4.69, 9.17) is 0 Å². The molecule has 2 N–H and O–H groups in total. The first-order valence-corrected chi connectivity index (χ1v) is 12.1. The number of carboxylic acid groups (broad SMARTS) is 1. The molecule has 0 spiro atoms. The second-order valence-electron chi connectivity index (χ2n) is 11.5. The Hall–Kier alpha value is -0.570. The lowest BCUT2D eigenvalue weighted by Crippen LogP contribution is -2.53. The van der Waals surface area contributed by atoms with Crippen LogP contribution in [0.2, 0.25) is 0 Å². The van der Waals surface area contributed by atoms with Crippen LogP contribution < -0.4 is 0 Å². The van der Waals surface area contributed by atoms with Crippen molar-refractivity contribution in [1.82, 2.24) is 0 Å². The third kappa shape index (κ3) is 3.15. The van der Waals surface area contributed by atoms with E-state index in [9.17, 15) is 15.0 Å². The van der Waals surface area contributed by atoms with Gasteiger partial charge in [-0.3, -0.25) is 4.79 Å². The first-order chi connectivity index (χ1) is 13.3. The molecule has 160 valence electrons. The van der Waals surface area contributed by atoms with Crippen molar-refractivity contribution in [3.05, 3.63) is 0 Å². The molecule has 0 radical (unpaired) electrons. The van der Waals surface area contributed by atoms with Crippen LogP contribution in [-0.4, -0.2) is 22.8 Å². The zero-order valence-corrected chi connectivity index (χ0v) is 18.3. The smallest absolute Gasteiger partial charge is 0.303 e. The normalized spacial score (nSPS) is 47.5. The fourth-order valence-corrected chi connectivity index (χ4v) is 9.17. The van der Waals surface area contributed by atoms with Crippen molar-refractivity contribution >= 4 is 5.97 Å². The van der Waals surface area contributed by atoms with Crippen molar-refractivity contribution in [2.24, 2.45) is 52.3 Å². The minimum absolute atomic E-state index is 0.0104. The maximum atomic E-state index is 11.3. The largest absolute Gasteiger partial charge is 0.481 e. The summed E-state index contributed by atoms with van der Waals surface area (Å²) in [5, 5.41) is 19.2. The van der Waals surface area contributed by atoms with Crippen molar-refractivity contribution < 1.29 is 15.0 Å². The summed E-state index contributed by atoms with van der Waals surface area (Å²) in [6, 6.07) is 0. The average molecular weight is 391 g/mol. The highest BCUT2D eigenvalue weighted by Gasteiger charge is 2.60. The van der Waals surface area contributed by atoms with Crippen molar-refractivity contribution in [3.8, 4) is 0 Å². The van der Waals surface area contributed by atoms with Gasteiger partial charge in [-0.1, -0.05) is 33.6 Å². The predicted octanol–water partition coefficient (Wildman–Crippen LogP) is 5.75. The average Bonchev–Trinajstić information content (AvgIpc) is 3.02. The lowest BCUT2D eigenvalue weighted by Gasteiger charge is -2.61. The summed E-state index contributed by atoms with van der Waals surface area (Å²) in [6.07, 6.45) is 14.1. The summed E-state index contributed by atoms with van der Waals surface area (Å²) in [6.45, 7) is 7.41. The SMILES string of the molecule is C[C@H](C(CO)CC(=O)O)[C@H]1CC[C@H]2[C@@H]3CCC4CCCC[C@]4(C)[C@H]3CC[C@]12C. The Morgan fingerprint density at radius 2 is 1.71 bits per heavy atom. The van der Waals surface area contributed by atoms with Crippen LogP contribution in [0.5, 0.6) is 0 Å². The number of aliphatic hydroxyl groups excluding tert-OH is 1. The topological polar surface area (TPSA) is 57.5 Å². The summed E-state index contributed by atoms with van der Waals surface area (Å²) in [5.41, 5.74) is 0.938. The molecular weight excluding hydrogens is 348 g/mol. The Balaban J connectivity index is 1.54. The Labute approximate surface area is 171 Å². The van der Waals surface area contributed by atoms with Gasteiger partial charge in [0.1, 0.15) is 0 Å². The Morgan fingerprint density at radius 3 is 2.43 bits per heavy atom. The summed E-state index contributed by atoms with van der Waals surface area (Å²) in [7, 11) is 0. The van der Waals surface area contributed by atoms with Crippen LogP contribution in [0.3, 0.4) is 0 Å². The molecule has 0 aromatic rings. The van der Waals surface area contributed by atoms with E-state index in [1.165, 1.54) is 64.2 Å². The van der Waals surface area contributed by atoms with Crippen LogP contribution in [0.4, 0.5) is 0 Å². The molecule has 4 rings (SSSR count). The lowest BCUT2D eigenvalue weighted by atomic mass is 9.44. The molecule has 3 heteroatoms. The van der Waals surface area contributed by atoms with Gasteiger partial charge >= 0.3 is 5.97 Å². The van der Waals surface area contributed by atoms with E-state index in [2.05, 4.69) is 20.8 Å². The zero-order chi connectivity index (χ0) is 20.1. The summed E-state index contributed by atoms with van der Waals surface area (Å²) in [4.78, 5) is 11.3. The Kier molecular flexibility index (Phi) is 5.61. The van der Waals surface area contributed by atoms with E-state index < -0.39 is 5.97 Å². The van der Waals surface area contributed by atoms with E-state index >= 15 is 0 Å². The molecule has 0 amide bonds. The summed E-state index contributed by atoms with van der Waals surface area (Å²) < 4.78 is 0. The molecule has 9 atom stereocenters. The molecule has 0 aromatic carbocycles. The molecular formula is C25H42O3. The second kappa shape index (κ2) is 7.60. The molecule has 4 fully saturated rings. The molecule has 2 unspecified atom stereocenters. The first kappa shape index (κ1) is 20.7. The number of aliphatic hydroxyl groups is 1. The van der Waals surface area contributed by atoms with Crippen LogP contribution in [-0.2, 0) is 4.79 Å². The minimum Gasteiger partial charge on any atom is -0.481 e. The molecule has 3 nitrogen and oxygen atoms in total. The Morgan fingerprint density at radius 1 is 0.964 bits per heavy atom. The van der Waals surface area contributed by atoms with E-state index in [0.717, 1.165) is 23.7 Å². The quantitative estimate of drug-likeness (QED) is 0.628. The number of fused-ring (bicyclic) bond motifs is 5. The van der Waals surface area contributed by atoms with Crippen molar-refractivity contribution in [3.63, 3.8) is 0 Å². The third-order valence-corrected chi connectivity index (χ3v) is 10.7. The first-order valence-electron chi connectivity index (χ1n) is 12.1. The maximum Gasteiger partial charge on any atom is 0.303 e. The Bertz CT molecular complexity index is 588. The fourth-order valence-electron chi connectivity index (χ4n) is 9.17. The number of carboxylic acids is 1. The van der Waals surface area contributed by atoms with Crippen LogP contribution >= 0.6 is 0 Å². The highest BCUT2D eigenvalue weighted by molar-refractivity contribution is 5.67. The van der Waals surface area contributed by atoms with Gasteiger partial charge in [0.05, 0.1) is 6.42 Å². The van der Waals surface area contributed by atoms with Gasteiger partial charge < -0.3 is 10.2 Å². The second-order valence-corrected chi connectivity index (χ2v) is 11.5. The zero-order valence-electron chi connectivity index (χ0n) is 18.3. The van der Waals surface area contributed by atoms with Crippen LogP contribution in [0, 0.1) is 52.3 Å². The van der Waals surface area contributed by atoms with Crippen molar-refractivity contribution in [1.29, 1.82) is 0 Å². The van der Waals surface area contributed by atoms with Gasteiger partial charge in [0.15, 0.2) is 0 Å². The van der Waals surface area contributed by atoms with Gasteiger partial charge in [-0.25, -0.2) is 0 Å². The summed E-state index contributed by atoms with van der Waals surface area (Å²) >= 11 is 0. The molecule has 4 aliphatic carbocycles. The number of hydrogen-bond acceptors (Lipinski definition) is 2. The fraction of sp³-hybridized carbons (Fsp3) is 0.960. The van der Waals surface area contributed by atoms with Gasteiger partial charge in [-0.05, 0) is 104 Å². The molecule has 4 saturated carbocycles. The number of hydrogen-bond donors (Lipinski definition) is 2. The van der Waals surface area contributed by atoms with Gasteiger partial charge in [-0.2, -0.15) is 0 Å². The third-order valence-electron chi connectivity index (χ3n) is 10.7. The van der Waals surface area contributed by atoms with Gasteiger partial charge in [0.25, 0.3) is 0 Å². The molecule has 0 aromatic heterocycles. The minimum atomic E-state index is -0.766. The molecule has 28 heavy (non-hydrogen) atoms. The maximum absolute atomic E-state index is 11.3. The number of carbonyl (C=O) groups is 1. The lowest BCUT2D eigenvalue weighted by molar-refractivity contribution is -0.140. The highest BCUT2D eigenvalue weighted by atomic mass is 16.4. The molecule has 0 bridgehead atoms. The van der Waals surface area contributed by atoms with E-state index in [1.807, 2.05) is 0 Å². The molecule has 0 heterocycles. The van der Waals surface area contributed by atoms with Crippen molar-refractivity contribution in [2.75, 3.05) is 6.61 Å². The monoisotopic (exact) mass is 390 g/mol. The standard InChI is InChI=1S/C25H42O3/c1-16(17(15-26)14-23(27)28)20-9-10-21-19-8-7-18-6-4-5-12-24(18,2)22(19)11-13-25(20,21)3/h16-22,26H,4-15H2,1-3H3,(H,27,28)/t16-,17?,18?,19+,20-,21+,22+,24+,25-/m1/s1. The summed E-state index contributed by atoms with van der Waals surface area (Å²) in [5.74, 6) is 3.62. The molecule has 0 saturated heterocycles. The number of rotatable bonds is 5. The van der Waals surface area contributed by atoms with E-state index in [-0.39, 0.29) is 18.9 Å². The van der Waals surface area contributed by atoms with Crippen LogP contribution in [0.1, 0.15) is 91.4 Å². The van der Waals surface area contributed by atoms with Crippen LogP contribution in [0.15, 0.2) is 0 Å². The number of aliphatic carboxylic acids is 1. The van der Waals surface area contributed by atoms with E-state index in [0.29, 0.717) is 22.7 Å². The van der Waals surface area contributed by atoms with Gasteiger partial charge in [-0.15, -0.1) is 0 Å². The van der Waals surface area contributed by atoms with E-state index in [1.54, 1.807) is 0 Å². The highest BCUT2D eigenvalue weighted by Crippen LogP contribution is 2.68. The predicted molar refractivity (Wildman–Crippen MR) is 112 cm³/mol. The molecule has 0 aliphatic heterocycles. The molecule has 4 aliphatic rings. The van der Waals surface area contributed by atoms with Gasteiger partial charge in [0.2, 0.25) is 0 Å². The van der Waals surface area contributed by atoms with Gasteiger partial charge in [0, 0.05) is 6.61 Å². The van der Waals surface area contributed by atoms with Crippen LogP contribution in [0.25, 0.3) is 0 Å². The van der Waals surface area contributed by atoms with Crippen molar-refractivity contribution in [2.45, 2.75) is 91.4 Å².